The summed E-state index contributed by atoms with van der Waals surface area (Å²) >= 11 is 0. The molecule has 5 heteroatoms. The Morgan fingerprint density at radius 2 is 1.85 bits per heavy atom. The number of hydrogen-bond acceptors (Lipinski definition) is 3. The molecule has 1 aromatic heterocycles. The number of H-pyrrole nitrogens is 1. The van der Waals surface area contributed by atoms with Crippen molar-refractivity contribution in [1.82, 2.24) is 14.8 Å². The van der Waals surface area contributed by atoms with Crippen LogP contribution in [0.15, 0.2) is 54.6 Å². The van der Waals surface area contributed by atoms with Gasteiger partial charge in [0.05, 0.1) is 6.61 Å². The number of ether oxygens (including phenoxy) is 1. The van der Waals surface area contributed by atoms with E-state index in [0.29, 0.717) is 17.7 Å². The van der Waals surface area contributed by atoms with Crippen molar-refractivity contribution in [3.8, 4) is 5.75 Å². The largest absolute Gasteiger partial charge is 0.494 e. The highest BCUT2D eigenvalue weighted by atomic mass is 16.5. The molecule has 1 N–H and O–H groups in total. The summed E-state index contributed by atoms with van der Waals surface area (Å²) in [5.41, 5.74) is 3.06. The van der Waals surface area contributed by atoms with E-state index in [9.17, 15) is 4.79 Å². The van der Waals surface area contributed by atoms with Crippen LogP contribution in [0.1, 0.15) is 48.2 Å². The number of carbonyl (C=O) groups is 1. The molecule has 0 bridgehead atoms. The van der Waals surface area contributed by atoms with Crippen LogP contribution in [-0.4, -0.2) is 60.0 Å². The molecule has 2 aromatic carbocycles. The van der Waals surface area contributed by atoms with Crippen LogP contribution in [0, 0.1) is 5.92 Å². The maximum Gasteiger partial charge on any atom is 0.270 e. The van der Waals surface area contributed by atoms with E-state index in [4.69, 9.17) is 4.74 Å². The topological polar surface area (TPSA) is 48.6 Å². The number of amides is 1. The summed E-state index contributed by atoms with van der Waals surface area (Å²) in [5, 5.41) is 1.03. The highest BCUT2D eigenvalue weighted by molar-refractivity contribution is 5.98. The van der Waals surface area contributed by atoms with E-state index in [1.54, 1.807) is 0 Å². The van der Waals surface area contributed by atoms with Crippen LogP contribution in [0.25, 0.3) is 10.9 Å². The summed E-state index contributed by atoms with van der Waals surface area (Å²) in [6.45, 7) is 3.58. The molecule has 0 saturated carbocycles. The number of carbonyl (C=O) groups excluding carboxylic acids is 1. The zero-order valence-corrected chi connectivity index (χ0v) is 19.6. The van der Waals surface area contributed by atoms with Gasteiger partial charge < -0.3 is 19.5 Å². The van der Waals surface area contributed by atoms with E-state index in [1.165, 1.54) is 24.9 Å². The minimum Gasteiger partial charge on any atom is -0.494 e. The number of hydrogen-bond donors (Lipinski definition) is 1. The first kappa shape index (κ1) is 22.0. The fourth-order valence-electron chi connectivity index (χ4n) is 5.43. The Morgan fingerprint density at radius 3 is 2.61 bits per heavy atom. The number of nitrogens with zero attached hydrogens (tertiary/aromatic N) is 2. The molecule has 5 rings (SSSR count). The van der Waals surface area contributed by atoms with Crippen molar-refractivity contribution in [2.24, 2.45) is 5.92 Å². The second kappa shape index (κ2) is 10.0. The maximum absolute atomic E-state index is 13.1. The van der Waals surface area contributed by atoms with E-state index in [-0.39, 0.29) is 5.91 Å². The van der Waals surface area contributed by atoms with Crippen LogP contribution in [0.3, 0.4) is 0 Å². The Kier molecular flexibility index (Phi) is 6.68. The van der Waals surface area contributed by atoms with Crippen LogP contribution >= 0.6 is 0 Å². The van der Waals surface area contributed by atoms with Crippen molar-refractivity contribution in [1.29, 1.82) is 0 Å². The molecule has 174 valence electrons. The highest BCUT2D eigenvalue weighted by Gasteiger charge is 2.25. The summed E-state index contributed by atoms with van der Waals surface area (Å²) < 4.78 is 6.04. The number of likely N-dealkylation sites (tertiary alicyclic amines) is 2. The molecule has 1 amide bonds. The molecule has 1 unspecified atom stereocenters. The Labute approximate surface area is 196 Å². The van der Waals surface area contributed by atoms with Gasteiger partial charge in [-0.25, -0.2) is 0 Å². The third-order valence-electron chi connectivity index (χ3n) is 7.48. The van der Waals surface area contributed by atoms with E-state index >= 15 is 0 Å². The van der Waals surface area contributed by atoms with Crippen molar-refractivity contribution in [2.75, 3.05) is 33.3 Å². The van der Waals surface area contributed by atoms with Crippen LogP contribution in [0.5, 0.6) is 5.75 Å². The normalized spacial score (nSPS) is 19.9. The van der Waals surface area contributed by atoms with Gasteiger partial charge in [-0.1, -0.05) is 30.3 Å². The summed E-state index contributed by atoms with van der Waals surface area (Å²) in [6.07, 6.45) is 6.86. The van der Waals surface area contributed by atoms with Gasteiger partial charge in [-0.3, -0.25) is 4.79 Å². The quantitative estimate of drug-likeness (QED) is 0.549. The number of benzene rings is 2. The number of piperidine rings is 1. The van der Waals surface area contributed by atoms with Crippen LogP contribution in [0.4, 0.5) is 0 Å². The lowest BCUT2D eigenvalue weighted by Gasteiger charge is -2.31. The van der Waals surface area contributed by atoms with Gasteiger partial charge in [-0.2, -0.15) is 0 Å². The molecule has 3 aromatic rings. The second-order valence-electron chi connectivity index (χ2n) is 9.77. The Morgan fingerprint density at radius 1 is 1.03 bits per heavy atom. The first-order valence-corrected chi connectivity index (χ1v) is 12.4. The molecule has 3 heterocycles. The lowest BCUT2D eigenvalue weighted by molar-refractivity contribution is 0.0685. The van der Waals surface area contributed by atoms with Gasteiger partial charge in [-0.05, 0) is 87.9 Å². The summed E-state index contributed by atoms with van der Waals surface area (Å²) in [5.74, 6) is 1.64. The standard InChI is InChI=1S/C28H35N3O2/c1-30-14-5-8-24(30)13-17-33-25-9-10-26-23(19-25)20-27(29-26)28(32)31-15-11-22(12-16-31)18-21-6-3-2-4-7-21/h2-4,6-7,9-10,19-20,22,24,29H,5,8,11-18H2,1H3. The average molecular weight is 446 g/mol. The molecule has 0 radical (unpaired) electrons. The molecule has 0 spiro atoms. The molecule has 1 atom stereocenters. The molecule has 2 saturated heterocycles. The first-order chi connectivity index (χ1) is 16.2. The lowest BCUT2D eigenvalue weighted by atomic mass is 9.90. The van der Waals surface area contributed by atoms with Crippen LogP contribution < -0.4 is 4.74 Å². The fourth-order valence-corrected chi connectivity index (χ4v) is 5.43. The zero-order valence-electron chi connectivity index (χ0n) is 19.6. The smallest absolute Gasteiger partial charge is 0.270 e. The van der Waals surface area contributed by atoms with Gasteiger partial charge in [0.1, 0.15) is 11.4 Å². The van der Waals surface area contributed by atoms with Gasteiger partial charge in [0, 0.05) is 30.0 Å². The predicted molar refractivity (Wildman–Crippen MR) is 133 cm³/mol. The molecule has 2 aliphatic heterocycles. The third kappa shape index (κ3) is 5.25. The van der Waals surface area contributed by atoms with E-state index in [2.05, 4.69) is 47.3 Å². The summed E-state index contributed by atoms with van der Waals surface area (Å²) in [6, 6.07) is 19.4. The molecule has 33 heavy (non-hydrogen) atoms. The van der Waals surface area contributed by atoms with Crippen molar-refractivity contribution in [2.45, 2.75) is 44.6 Å². The average Bonchev–Trinajstić information content (AvgIpc) is 3.45. The van der Waals surface area contributed by atoms with Crippen LogP contribution in [0.2, 0.25) is 0 Å². The maximum atomic E-state index is 13.1. The Hall–Kier alpha value is -2.79. The first-order valence-electron chi connectivity index (χ1n) is 12.4. The SMILES string of the molecule is CN1CCCC1CCOc1ccc2[nH]c(C(=O)N3CCC(Cc4ccccc4)CC3)cc2c1. The molecular weight excluding hydrogens is 410 g/mol. The predicted octanol–water partition coefficient (Wildman–Crippen LogP) is 5.13. The van der Waals surface area contributed by atoms with Crippen molar-refractivity contribution >= 4 is 16.8 Å². The Balaban J connectivity index is 1.15. The molecule has 5 nitrogen and oxygen atoms in total. The van der Waals surface area contributed by atoms with Crippen molar-refractivity contribution in [3.63, 3.8) is 0 Å². The molecular formula is C28H35N3O2. The number of aromatic nitrogens is 1. The van der Waals surface area contributed by atoms with Crippen molar-refractivity contribution < 1.29 is 9.53 Å². The van der Waals surface area contributed by atoms with Gasteiger partial charge in [-0.15, -0.1) is 0 Å². The van der Waals surface area contributed by atoms with Crippen LogP contribution in [-0.2, 0) is 6.42 Å². The molecule has 0 aliphatic carbocycles. The molecule has 2 fully saturated rings. The Bertz CT molecular complexity index is 1070. The molecule has 2 aliphatic rings. The van der Waals surface area contributed by atoms with Crippen molar-refractivity contribution in [3.05, 3.63) is 65.9 Å². The van der Waals surface area contributed by atoms with Gasteiger partial charge in [0.25, 0.3) is 5.91 Å². The highest BCUT2D eigenvalue weighted by Crippen LogP contribution is 2.26. The van der Waals surface area contributed by atoms with E-state index < -0.39 is 0 Å². The number of nitrogens with one attached hydrogen (secondary N) is 1. The minimum absolute atomic E-state index is 0.108. The summed E-state index contributed by atoms with van der Waals surface area (Å²) in [7, 11) is 2.20. The number of rotatable bonds is 7. The monoisotopic (exact) mass is 445 g/mol. The fraction of sp³-hybridized carbons (Fsp3) is 0.464. The zero-order chi connectivity index (χ0) is 22.6. The van der Waals surface area contributed by atoms with Gasteiger partial charge >= 0.3 is 0 Å². The van der Waals surface area contributed by atoms with E-state index in [0.717, 1.165) is 62.0 Å². The third-order valence-corrected chi connectivity index (χ3v) is 7.48. The number of aromatic amines is 1. The van der Waals surface area contributed by atoms with E-state index in [1.807, 2.05) is 29.2 Å². The van der Waals surface area contributed by atoms with Gasteiger partial charge in [0.15, 0.2) is 0 Å². The number of fused-ring (bicyclic) bond motifs is 1. The summed E-state index contributed by atoms with van der Waals surface area (Å²) in [4.78, 5) is 20.9. The minimum atomic E-state index is 0.108. The van der Waals surface area contributed by atoms with Gasteiger partial charge in [0.2, 0.25) is 0 Å². The lowest BCUT2D eigenvalue weighted by Crippen LogP contribution is -2.39. The second-order valence-corrected chi connectivity index (χ2v) is 9.77.